The van der Waals surface area contributed by atoms with Crippen LogP contribution < -0.4 is 0 Å². The highest BCUT2D eigenvalue weighted by Crippen LogP contribution is 2.11. The molecule has 13 heavy (non-hydrogen) atoms. The summed E-state index contributed by atoms with van der Waals surface area (Å²) in [6, 6.07) is 7.72. The molecule has 0 N–H and O–H groups in total. The van der Waals surface area contributed by atoms with Crippen molar-refractivity contribution in [2.45, 2.75) is 0 Å². The first-order chi connectivity index (χ1) is 5.36. The number of aromatic nitrogens is 2. The molecule has 1 heterocycles. The fourth-order valence-corrected chi connectivity index (χ4v) is 1.09. The van der Waals surface area contributed by atoms with Gasteiger partial charge in [-0.3, -0.25) is 0 Å². The summed E-state index contributed by atoms with van der Waals surface area (Å²) >= 11 is 5.60. The number of nitrogens with zero attached hydrogens (tertiary/aromatic N) is 2. The van der Waals surface area contributed by atoms with Crippen LogP contribution in [0.4, 0.5) is 0 Å². The van der Waals surface area contributed by atoms with E-state index in [1.54, 1.807) is 6.20 Å². The van der Waals surface area contributed by atoms with Crippen molar-refractivity contribution >= 4 is 47.3 Å². The molecule has 0 unspecified atom stereocenters. The van der Waals surface area contributed by atoms with Crippen LogP contribution in [0.5, 0.6) is 0 Å². The minimum atomic E-state index is 0. The molecule has 1 aromatic carbocycles. The van der Waals surface area contributed by atoms with Crippen molar-refractivity contribution in [1.82, 2.24) is 9.97 Å². The third kappa shape index (κ3) is 2.69. The molecule has 2 rings (SSSR count). The molecule has 70 valence electrons. The first kappa shape index (κ1) is 12.4. The Hall–Kier alpha value is -0.570. The quantitative estimate of drug-likeness (QED) is 0.658. The molecule has 1 aromatic heterocycles. The van der Waals surface area contributed by atoms with Crippen LogP contribution in [-0.2, 0) is 0 Å². The van der Waals surface area contributed by atoms with Crippen LogP contribution in [0.25, 0.3) is 10.9 Å². The zero-order valence-corrected chi connectivity index (χ0v) is 8.86. The number of benzene rings is 1. The molecular weight excluding hydrogens is 230 g/mol. The zero-order valence-electron chi connectivity index (χ0n) is 6.48. The van der Waals surface area contributed by atoms with Crippen molar-refractivity contribution in [2.24, 2.45) is 0 Å². The van der Waals surface area contributed by atoms with E-state index in [0.29, 0.717) is 5.28 Å². The molecule has 2 aromatic rings. The van der Waals surface area contributed by atoms with Crippen LogP contribution in [0.15, 0.2) is 30.5 Å². The number of halogens is 3. The SMILES string of the molecule is Cl.Cl.Clc1ncc2ccccc2n1. The monoisotopic (exact) mass is 236 g/mol. The minimum Gasteiger partial charge on any atom is -0.226 e. The first-order valence-corrected chi connectivity index (χ1v) is 3.61. The van der Waals surface area contributed by atoms with Crippen LogP contribution in [0, 0.1) is 0 Å². The molecule has 0 bridgehead atoms. The van der Waals surface area contributed by atoms with Crippen molar-refractivity contribution in [1.29, 1.82) is 0 Å². The van der Waals surface area contributed by atoms with Gasteiger partial charge in [-0.1, -0.05) is 18.2 Å². The standard InChI is InChI=1S/C8H5ClN2.2ClH/c9-8-10-5-6-3-1-2-4-7(6)11-8;;/h1-5H;2*1H. The largest absolute Gasteiger partial charge is 0.226 e. The summed E-state index contributed by atoms with van der Waals surface area (Å²) in [5.41, 5.74) is 0.882. The van der Waals surface area contributed by atoms with Crippen LogP contribution >= 0.6 is 36.4 Å². The van der Waals surface area contributed by atoms with E-state index < -0.39 is 0 Å². The first-order valence-electron chi connectivity index (χ1n) is 3.23. The Kier molecular flexibility index (Phi) is 4.99. The summed E-state index contributed by atoms with van der Waals surface area (Å²) in [7, 11) is 0. The van der Waals surface area contributed by atoms with Gasteiger partial charge in [-0.2, -0.15) is 0 Å². The predicted octanol–water partition coefficient (Wildman–Crippen LogP) is 3.13. The van der Waals surface area contributed by atoms with Gasteiger partial charge in [0, 0.05) is 11.6 Å². The van der Waals surface area contributed by atoms with Crippen molar-refractivity contribution in [3.05, 3.63) is 35.7 Å². The van der Waals surface area contributed by atoms with Gasteiger partial charge >= 0.3 is 0 Å². The molecule has 0 saturated heterocycles. The lowest BCUT2D eigenvalue weighted by atomic mass is 10.2. The van der Waals surface area contributed by atoms with E-state index in [1.165, 1.54) is 0 Å². The Morgan fingerprint density at radius 3 is 2.54 bits per heavy atom. The topological polar surface area (TPSA) is 25.8 Å². The van der Waals surface area contributed by atoms with Gasteiger partial charge in [0.2, 0.25) is 5.28 Å². The summed E-state index contributed by atoms with van der Waals surface area (Å²) in [4.78, 5) is 7.89. The lowest BCUT2D eigenvalue weighted by Gasteiger charge is -1.93. The molecule has 0 spiro atoms. The number of fused-ring (bicyclic) bond motifs is 1. The third-order valence-corrected chi connectivity index (χ3v) is 1.64. The van der Waals surface area contributed by atoms with E-state index in [0.717, 1.165) is 10.9 Å². The number of rotatable bonds is 0. The molecule has 0 aliphatic rings. The highest BCUT2D eigenvalue weighted by Gasteiger charge is 1.93. The molecule has 2 nitrogen and oxygen atoms in total. The maximum absolute atomic E-state index is 5.60. The second-order valence-corrected chi connectivity index (χ2v) is 2.54. The van der Waals surface area contributed by atoms with Crippen LogP contribution in [0.1, 0.15) is 0 Å². The lowest BCUT2D eigenvalue weighted by molar-refractivity contribution is 1.22. The minimum absolute atomic E-state index is 0. The van der Waals surface area contributed by atoms with Crippen LogP contribution in [0.3, 0.4) is 0 Å². The summed E-state index contributed by atoms with van der Waals surface area (Å²) in [5, 5.41) is 1.31. The molecular formula is C8H7Cl3N2. The molecule has 5 heteroatoms. The van der Waals surface area contributed by atoms with Gasteiger partial charge in [0.25, 0.3) is 0 Å². The average Bonchev–Trinajstić information content (AvgIpc) is 2.04. The maximum Gasteiger partial charge on any atom is 0.222 e. The van der Waals surface area contributed by atoms with Gasteiger partial charge in [-0.05, 0) is 17.7 Å². The lowest BCUT2D eigenvalue weighted by Crippen LogP contribution is -1.81. The summed E-state index contributed by atoms with van der Waals surface area (Å²) < 4.78 is 0. The van der Waals surface area contributed by atoms with Crippen molar-refractivity contribution in [3.8, 4) is 0 Å². The molecule has 0 atom stereocenters. The summed E-state index contributed by atoms with van der Waals surface area (Å²) in [6.07, 6.45) is 1.71. The van der Waals surface area contributed by atoms with Gasteiger partial charge < -0.3 is 0 Å². The highest BCUT2D eigenvalue weighted by atomic mass is 35.5. The second-order valence-electron chi connectivity index (χ2n) is 2.20. The van der Waals surface area contributed by atoms with E-state index in [2.05, 4.69) is 9.97 Å². The molecule has 0 saturated carbocycles. The molecule has 0 aliphatic carbocycles. The Morgan fingerprint density at radius 1 is 1.08 bits per heavy atom. The van der Waals surface area contributed by atoms with E-state index in [1.807, 2.05) is 24.3 Å². The van der Waals surface area contributed by atoms with E-state index in [9.17, 15) is 0 Å². The summed E-state index contributed by atoms with van der Waals surface area (Å²) in [5.74, 6) is 0. The van der Waals surface area contributed by atoms with Crippen molar-refractivity contribution < 1.29 is 0 Å². The number of para-hydroxylation sites is 1. The molecule has 0 aliphatic heterocycles. The van der Waals surface area contributed by atoms with E-state index >= 15 is 0 Å². The second kappa shape index (κ2) is 5.22. The Labute approximate surface area is 93.2 Å². The molecule has 0 fully saturated rings. The predicted molar refractivity (Wildman–Crippen MR) is 59.0 cm³/mol. The zero-order chi connectivity index (χ0) is 7.68. The van der Waals surface area contributed by atoms with Crippen molar-refractivity contribution in [3.63, 3.8) is 0 Å². The normalized spacial score (nSPS) is 8.69. The van der Waals surface area contributed by atoms with Gasteiger partial charge in [-0.15, -0.1) is 24.8 Å². The molecule has 0 radical (unpaired) electrons. The van der Waals surface area contributed by atoms with E-state index in [4.69, 9.17) is 11.6 Å². The van der Waals surface area contributed by atoms with Crippen molar-refractivity contribution in [2.75, 3.05) is 0 Å². The van der Waals surface area contributed by atoms with E-state index in [-0.39, 0.29) is 24.8 Å². The Morgan fingerprint density at radius 2 is 1.77 bits per heavy atom. The van der Waals surface area contributed by atoms with Gasteiger partial charge in [0.05, 0.1) is 5.52 Å². The summed E-state index contributed by atoms with van der Waals surface area (Å²) in [6.45, 7) is 0. The van der Waals surface area contributed by atoms with Crippen LogP contribution in [0.2, 0.25) is 5.28 Å². The van der Waals surface area contributed by atoms with Gasteiger partial charge in [-0.25, -0.2) is 9.97 Å². The third-order valence-electron chi connectivity index (χ3n) is 1.46. The average molecular weight is 238 g/mol. The number of hydrogen-bond acceptors (Lipinski definition) is 2. The van der Waals surface area contributed by atoms with Crippen LogP contribution in [-0.4, -0.2) is 9.97 Å². The smallest absolute Gasteiger partial charge is 0.222 e. The Balaban J connectivity index is 0.000000720. The fourth-order valence-electron chi connectivity index (χ4n) is 0.950. The highest BCUT2D eigenvalue weighted by molar-refractivity contribution is 6.28. The van der Waals surface area contributed by atoms with Gasteiger partial charge in [0.15, 0.2) is 0 Å². The van der Waals surface area contributed by atoms with Gasteiger partial charge in [0.1, 0.15) is 0 Å². The Bertz CT molecular complexity index is 392. The molecule has 0 amide bonds. The fraction of sp³-hybridized carbons (Fsp3) is 0. The number of hydrogen-bond donors (Lipinski definition) is 0. The maximum atomic E-state index is 5.60.